The molecule has 3 N–H and O–H groups in total. The number of ether oxygens (including phenoxy) is 2. The Kier molecular flexibility index (Phi) is 7.78. The van der Waals surface area contributed by atoms with Gasteiger partial charge in [-0.3, -0.25) is 0 Å². The van der Waals surface area contributed by atoms with E-state index in [-0.39, 0.29) is 17.3 Å². The highest BCUT2D eigenvalue weighted by molar-refractivity contribution is 5.94. The van der Waals surface area contributed by atoms with Gasteiger partial charge in [0.05, 0.1) is 18.3 Å². The number of alkyl carbamates (subject to hydrolysis) is 1. The van der Waals surface area contributed by atoms with Gasteiger partial charge < -0.3 is 25.2 Å². The van der Waals surface area contributed by atoms with Crippen LogP contribution in [0.25, 0.3) is 5.65 Å². The molecule has 11 heteroatoms. The lowest BCUT2D eigenvalue weighted by Gasteiger charge is -2.22. The topological polar surface area (TPSA) is 127 Å². The van der Waals surface area contributed by atoms with Crippen LogP contribution >= 0.6 is 0 Å². The molecule has 2 atom stereocenters. The average molecular weight is 488 g/mol. The number of amides is 1. The van der Waals surface area contributed by atoms with Crippen LogP contribution in [0.15, 0.2) is 36.7 Å². The Labute approximate surface area is 202 Å². The van der Waals surface area contributed by atoms with Gasteiger partial charge in [0.25, 0.3) is 0 Å². The number of aromatic nitrogens is 3. The van der Waals surface area contributed by atoms with Crippen molar-refractivity contribution in [2.45, 2.75) is 58.8 Å². The van der Waals surface area contributed by atoms with E-state index in [1.807, 2.05) is 13.8 Å². The second kappa shape index (κ2) is 10.6. The summed E-state index contributed by atoms with van der Waals surface area (Å²) in [5, 5.41) is 19.1. The quantitative estimate of drug-likeness (QED) is 0.405. The molecule has 0 saturated carbocycles. The van der Waals surface area contributed by atoms with E-state index in [4.69, 9.17) is 9.47 Å². The lowest BCUT2D eigenvalue weighted by atomic mass is 10.1. The maximum Gasteiger partial charge on any atom is 0.407 e. The van der Waals surface area contributed by atoms with Crippen molar-refractivity contribution in [2.24, 2.45) is 0 Å². The highest BCUT2D eigenvalue weighted by Crippen LogP contribution is 2.29. The van der Waals surface area contributed by atoms with E-state index < -0.39 is 29.5 Å². The number of carbonyl (C=O) groups is 2. The fraction of sp³-hybridized carbons (Fsp3) is 0.417. The van der Waals surface area contributed by atoms with Crippen LogP contribution in [0.2, 0.25) is 0 Å². The van der Waals surface area contributed by atoms with Gasteiger partial charge in [0, 0.05) is 24.7 Å². The summed E-state index contributed by atoms with van der Waals surface area (Å²) in [4.78, 5) is 27.5. The van der Waals surface area contributed by atoms with E-state index in [0.717, 1.165) is 0 Å². The number of hydrogen-bond acceptors (Lipinski definition) is 7. The second-order valence-electron chi connectivity index (χ2n) is 9.14. The molecule has 10 nitrogen and oxygen atoms in total. The zero-order valence-corrected chi connectivity index (χ0v) is 20.3. The summed E-state index contributed by atoms with van der Waals surface area (Å²) in [5.41, 5.74) is 0.150. The standard InChI is InChI=1S/C24H30FN5O5/c1-14(8-10-26-23(33)35-24(3,4)5)34-19-7-6-16(25)12-17(19)15(2)28-20-9-11-30-21(29-20)18(13-27-30)22(31)32/h6-7,9,11-15H,8,10H2,1-5H3,(H,26,33)(H,28,29)(H,31,32)/t14-,15+/m0/s1. The van der Waals surface area contributed by atoms with Crippen LogP contribution in [0.4, 0.5) is 15.0 Å². The average Bonchev–Trinajstić information content (AvgIpc) is 3.17. The van der Waals surface area contributed by atoms with Crippen molar-refractivity contribution in [1.29, 1.82) is 0 Å². The van der Waals surface area contributed by atoms with Gasteiger partial charge in [-0.15, -0.1) is 0 Å². The van der Waals surface area contributed by atoms with Gasteiger partial charge in [0.15, 0.2) is 5.65 Å². The van der Waals surface area contributed by atoms with Crippen LogP contribution in [-0.4, -0.2) is 50.0 Å². The zero-order chi connectivity index (χ0) is 25.8. The fourth-order valence-corrected chi connectivity index (χ4v) is 3.33. The molecule has 3 aromatic rings. The maximum atomic E-state index is 14.1. The molecule has 3 rings (SSSR count). The Morgan fingerprint density at radius 1 is 1.23 bits per heavy atom. The van der Waals surface area contributed by atoms with Gasteiger partial charge in [-0.1, -0.05) is 0 Å². The van der Waals surface area contributed by atoms with Crippen molar-refractivity contribution in [3.05, 3.63) is 53.6 Å². The molecule has 1 amide bonds. The Morgan fingerprint density at radius 3 is 2.66 bits per heavy atom. The third kappa shape index (κ3) is 7.05. The minimum atomic E-state index is -1.13. The lowest BCUT2D eigenvalue weighted by Crippen LogP contribution is -2.34. The van der Waals surface area contributed by atoms with Crippen LogP contribution in [0.3, 0.4) is 0 Å². The second-order valence-corrected chi connectivity index (χ2v) is 9.14. The van der Waals surface area contributed by atoms with E-state index >= 15 is 0 Å². The molecule has 35 heavy (non-hydrogen) atoms. The Balaban J connectivity index is 1.67. The van der Waals surface area contributed by atoms with E-state index in [9.17, 15) is 19.1 Å². The number of hydrogen-bond donors (Lipinski definition) is 3. The number of fused-ring (bicyclic) bond motifs is 1. The Bertz CT molecular complexity index is 1210. The number of rotatable bonds is 9. The van der Waals surface area contributed by atoms with Gasteiger partial charge in [-0.05, 0) is 58.9 Å². The van der Waals surface area contributed by atoms with Crippen molar-refractivity contribution < 1.29 is 28.6 Å². The van der Waals surface area contributed by atoms with Gasteiger partial charge in [-0.2, -0.15) is 5.10 Å². The summed E-state index contributed by atoms with van der Waals surface area (Å²) >= 11 is 0. The summed E-state index contributed by atoms with van der Waals surface area (Å²) in [6.45, 7) is 9.39. The minimum absolute atomic E-state index is 0.0232. The maximum absolute atomic E-state index is 14.1. The molecule has 0 unspecified atom stereocenters. The van der Waals surface area contributed by atoms with Crippen molar-refractivity contribution in [1.82, 2.24) is 19.9 Å². The molecule has 0 aliphatic heterocycles. The summed E-state index contributed by atoms with van der Waals surface area (Å²) < 4.78 is 26.7. The highest BCUT2D eigenvalue weighted by atomic mass is 19.1. The van der Waals surface area contributed by atoms with Crippen LogP contribution in [0.5, 0.6) is 5.75 Å². The molecule has 0 aliphatic rings. The van der Waals surface area contributed by atoms with Crippen molar-refractivity contribution >= 4 is 23.5 Å². The van der Waals surface area contributed by atoms with Crippen LogP contribution in [0, 0.1) is 5.82 Å². The minimum Gasteiger partial charge on any atom is -0.490 e. The fourth-order valence-electron chi connectivity index (χ4n) is 3.33. The number of anilines is 1. The number of halogens is 1. The Morgan fingerprint density at radius 2 is 1.97 bits per heavy atom. The predicted molar refractivity (Wildman–Crippen MR) is 127 cm³/mol. The molecule has 0 radical (unpaired) electrons. The largest absolute Gasteiger partial charge is 0.490 e. The summed E-state index contributed by atoms with van der Waals surface area (Å²) in [6.07, 6.45) is 2.55. The molecule has 0 saturated heterocycles. The number of aromatic carboxylic acids is 1. The summed E-state index contributed by atoms with van der Waals surface area (Å²) in [6, 6.07) is 5.47. The van der Waals surface area contributed by atoms with Gasteiger partial charge in [0.1, 0.15) is 28.5 Å². The predicted octanol–water partition coefficient (Wildman–Crippen LogP) is 4.42. The van der Waals surface area contributed by atoms with E-state index in [2.05, 4.69) is 20.7 Å². The molecule has 188 valence electrons. The third-order valence-corrected chi connectivity index (χ3v) is 4.95. The van der Waals surface area contributed by atoms with Crippen LogP contribution in [0.1, 0.15) is 63.0 Å². The smallest absolute Gasteiger partial charge is 0.407 e. The molecule has 0 aliphatic carbocycles. The normalized spacial score (nSPS) is 13.2. The third-order valence-electron chi connectivity index (χ3n) is 4.95. The summed E-state index contributed by atoms with van der Waals surface area (Å²) in [5.74, 6) is -0.674. The first-order valence-electron chi connectivity index (χ1n) is 11.2. The first-order valence-corrected chi connectivity index (χ1v) is 11.2. The lowest BCUT2D eigenvalue weighted by molar-refractivity contribution is 0.0521. The SMILES string of the molecule is C[C@@H](CCNC(=O)OC(C)(C)C)Oc1ccc(F)cc1[C@@H](C)Nc1ccn2ncc(C(=O)O)c2n1. The number of benzene rings is 1. The highest BCUT2D eigenvalue weighted by Gasteiger charge is 2.19. The first-order chi connectivity index (χ1) is 16.4. The van der Waals surface area contributed by atoms with E-state index in [1.165, 1.54) is 22.8 Å². The van der Waals surface area contributed by atoms with E-state index in [1.54, 1.807) is 39.1 Å². The number of carbonyl (C=O) groups excluding carboxylic acids is 1. The number of nitrogens with one attached hydrogen (secondary N) is 2. The number of nitrogens with zero attached hydrogens (tertiary/aromatic N) is 3. The van der Waals surface area contributed by atoms with Gasteiger partial charge in [-0.25, -0.2) is 23.5 Å². The Hall–Kier alpha value is -3.89. The van der Waals surface area contributed by atoms with Gasteiger partial charge >= 0.3 is 12.1 Å². The van der Waals surface area contributed by atoms with E-state index in [0.29, 0.717) is 30.1 Å². The molecular weight excluding hydrogens is 457 g/mol. The van der Waals surface area contributed by atoms with Crippen LogP contribution in [-0.2, 0) is 4.74 Å². The van der Waals surface area contributed by atoms with Crippen LogP contribution < -0.4 is 15.4 Å². The molecule has 1 aromatic carbocycles. The zero-order valence-electron chi connectivity index (χ0n) is 20.3. The number of carboxylic acids is 1. The molecular formula is C24H30FN5O5. The molecule has 0 spiro atoms. The summed E-state index contributed by atoms with van der Waals surface area (Å²) in [7, 11) is 0. The first kappa shape index (κ1) is 25.7. The molecule has 0 bridgehead atoms. The molecule has 2 aromatic heterocycles. The van der Waals surface area contributed by atoms with Gasteiger partial charge in [0.2, 0.25) is 0 Å². The molecule has 0 fully saturated rings. The number of carboxylic acid groups (broad SMARTS) is 1. The monoisotopic (exact) mass is 487 g/mol. The molecule has 2 heterocycles. The van der Waals surface area contributed by atoms with Crippen molar-refractivity contribution in [3.8, 4) is 5.75 Å². The van der Waals surface area contributed by atoms with Crippen molar-refractivity contribution in [3.63, 3.8) is 0 Å². The van der Waals surface area contributed by atoms with Crippen molar-refractivity contribution in [2.75, 3.05) is 11.9 Å².